The summed E-state index contributed by atoms with van der Waals surface area (Å²) < 4.78 is 13.7. The molecular formula is C30H26BrCl2N5O5. The highest BCUT2D eigenvalue weighted by molar-refractivity contribution is 9.10. The third kappa shape index (κ3) is 6.64. The quantitative estimate of drug-likeness (QED) is 0.215. The van der Waals surface area contributed by atoms with Crippen molar-refractivity contribution in [1.82, 2.24) is 14.7 Å². The van der Waals surface area contributed by atoms with E-state index >= 15 is 0 Å². The molecule has 1 aliphatic rings. The predicted molar refractivity (Wildman–Crippen MR) is 169 cm³/mol. The Kier molecular flexibility index (Phi) is 9.24. The molecule has 2 aromatic heterocycles. The number of nitrogens with zero attached hydrogens (tertiary/aromatic N) is 4. The van der Waals surface area contributed by atoms with Gasteiger partial charge >= 0.3 is 6.09 Å². The van der Waals surface area contributed by atoms with Crippen molar-refractivity contribution >= 4 is 80.1 Å². The minimum absolute atomic E-state index is 0.0430. The minimum Gasteiger partial charge on any atom is -0.485 e. The van der Waals surface area contributed by atoms with Crippen molar-refractivity contribution in [3.8, 4) is 5.75 Å². The van der Waals surface area contributed by atoms with Crippen LogP contribution in [0, 0.1) is 6.92 Å². The lowest BCUT2D eigenvalue weighted by Crippen LogP contribution is -2.37. The lowest BCUT2D eigenvalue weighted by molar-refractivity contribution is -0.122. The standard InChI is InChI=1S/C30H26BrCl2N5O5/c1-18-28(31)38-13-3-4-24(29(38)35-18)43-17-21-22(32)10-11-23(27(21)33)36(2)26(40)16-34-25(39)12-7-19-5-8-20(9-6-19)37-14-15-42-30(37)41/h3-13H,14-17H2,1-2H3,(H,34,39). The Morgan fingerprint density at radius 3 is 2.67 bits per heavy atom. The van der Waals surface area contributed by atoms with Gasteiger partial charge in [0.15, 0.2) is 11.4 Å². The molecule has 43 heavy (non-hydrogen) atoms. The average molecular weight is 687 g/mol. The molecule has 10 nitrogen and oxygen atoms in total. The Balaban J connectivity index is 1.19. The van der Waals surface area contributed by atoms with Crippen molar-refractivity contribution in [2.24, 2.45) is 0 Å². The highest BCUT2D eigenvalue weighted by Gasteiger charge is 2.23. The molecule has 3 heterocycles. The predicted octanol–water partition coefficient (Wildman–Crippen LogP) is 6.04. The molecule has 0 unspecified atom stereocenters. The number of halogens is 3. The summed E-state index contributed by atoms with van der Waals surface area (Å²) in [6.07, 6.45) is 4.43. The van der Waals surface area contributed by atoms with E-state index in [1.54, 1.807) is 55.6 Å². The van der Waals surface area contributed by atoms with E-state index in [4.69, 9.17) is 32.7 Å². The molecule has 1 aliphatic heterocycles. The number of fused-ring (bicyclic) bond motifs is 1. The number of ether oxygens (including phenoxy) is 2. The SMILES string of the molecule is Cc1nc2c(OCc3c(Cl)ccc(N(C)C(=O)CNC(=O)C=Cc4ccc(N5CCOC5=O)cc4)c3Cl)cccn2c1Br. The van der Waals surface area contributed by atoms with Crippen molar-refractivity contribution in [2.45, 2.75) is 13.5 Å². The Bertz CT molecular complexity index is 1740. The number of carbonyl (C=O) groups is 3. The number of pyridine rings is 1. The van der Waals surface area contributed by atoms with Gasteiger partial charge in [0.05, 0.1) is 29.5 Å². The van der Waals surface area contributed by atoms with Gasteiger partial charge in [-0.15, -0.1) is 0 Å². The molecule has 0 spiro atoms. The monoisotopic (exact) mass is 685 g/mol. The zero-order valence-electron chi connectivity index (χ0n) is 23.1. The Labute approximate surface area is 265 Å². The smallest absolute Gasteiger partial charge is 0.414 e. The van der Waals surface area contributed by atoms with Crippen LogP contribution >= 0.6 is 39.1 Å². The number of nitrogens with one attached hydrogen (secondary N) is 1. The number of amides is 3. The normalized spacial score (nSPS) is 13.0. The highest BCUT2D eigenvalue weighted by Crippen LogP contribution is 2.35. The number of hydrogen-bond acceptors (Lipinski definition) is 6. The van der Waals surface area contributed by atoms with Gasteiger partial charge in [0, 0.05) is 35.6 Å². The van der Waals surface area contributed by atoms with Crippen LogP contribution in [-0.4, -0.2) is 54.0 Å². The molecule has 0 bridgehead atoms. The van der Waals surface area contributed by atoms with E-state index in [1.807, 2.05) is 23.6 Å². The first-order chi connectivity index (χ1) is 20.6. The van der Waals surface area contributed by atoms with E-state index in [-0.39, 0.29) is 30.2 Å². The van der Waals surface area contributed by atoms with Crippen molar-refractivity contribution in [1.29, 1.82) is 0 Å². The molecule has 222 valence electrons. The summed E-state index contributed by atoms with van der Waals surface area (Å²) in [7, 11) is 1.56. The third-order valence-electron chi connectivity index (χ3n) is 6.79. The first-order valence-corrected chi connectivity index (χ1v) is 14.7. The van der Waals surface area contributed by atoms with Crippen molar-refractivity contribution in [2.75, 3.05) is 36.5 Å². The van der Waals surface area contributed by atoms with Gasteiger partial charge in [-0.05, 0) is 70.9 Å². The number of rotatable bonds is 9. The fourth-order valence-electron chi connectivity index (χ4n) is 4.41. The van der Waals surface area contributed by atoms with Gasteiger partial charge in [-0.3, -0.25) is 18.9 Å². The van der Waals surface area contributed by atoms with Gasteiger partial charge < -0.3 is 19.7 Å². The molecule has 0 saturated carbocycles. The molecule has 13 heteroatoms. The van der Waals surface area contributed by atoms with Crippen molar-refractivity contribution in [3.63, 3.8) is 0 Å². The molecule has 4 aromatic rings. The average Bonchev–Trinajstić information content (AvgIpc) is 3.56. The third-order valence-corrected chi connectivity index (χ3v) is 8.53. The van der Waals surface area contributed by atoms with Crippen LogP contribution in [0.5, 0.6) is 5.75 Å². The summed E-state index contributed by atoms with van der Waals surface area (Å²) in [4.78, 5) is 44.5. The Morgan fingerprint density at radius 1 is 1.19 bits per heavy atom. The first-order valence-electron chi connectivity index (χ1n) is 13.1. The molecule has 0 aliphatic carbocycles. The Hall–Kier alpha value is -4.06. The number of benzene rings is 2. The van der Waals surface area contributed by atoms with E-state index in [0.717, 1.165) is 15.9 Å². The van der Waals surface area contributed by atoms with Gasteiger partial charge in [-0.1, -0.05) is 35.3 Å². The molecule has 5 rings (SSSR count). The lowest BCUT2D eigenvalue weighted by Gasteiger charge is -2.21. The van der Waals surface area contributed by atoms with Crippen LogP contribution in [-0.2, 0) is 20.9 Å². The topological polar surface area (TPSA) is 105 Å². The second-order valence-electron chi connectivity index (χ2n) is 9.56. The molecule has 3 amide bonds. The fourth-order valence-corrected chi connectivity index (χ4v) is 5.39. The lowest BCUT2D eigenvalue weighted by atomic mass is 10.2. The maximum atomic E-state index is 12.9. The summed E-state index contributed by atoms with van der Waals surface area (Å²) in [5, 5.41) is 3.23. The van der Waals surface area contributed by atoms with Gasteiger partial charge in [-0.2, -0.15) is 0 Å². The van der Waals surface area contributed by atoms with Crippen LogP contribution in [0.15, 0.2) is 65.4 Å². The van der Waals surface area contributed by atoms with Gasteiger partial charge in [-0.25, -0.2) is 9.78 Å². The molecule has 1 saturated heterocycles. The van der Waals surface area contributed by atoms with E-state index in [2.05, 4.69) is 26.2 Å². The van der Waals surface area contributed by atoms with E-state index in [0.29, 0.717) is 46.5 Å². The number of carbonyl (C=O) groups excluding carboxylic acids is 3. The molecule has 2 aromatic carbocycles. The maximum absolute atomic E-state index is 12.9. The second kappa shape index (κ2) is 13.1. The summed E-state index contributed by atoms with van der Waals surface area (Å²) in [5.41, 5.74) is 3.84. The summed E-state index contributed by atoms with van der Waals surface area (Å²) >= 11 is 16.7. The van der Waals surface area contributed by atoms with Gasteiger partial charge in [0.2, 0.25) is 11.8 Å². The van der Waals surface area contributed by atoms with E-state index in [9.17, 15) is 14.4 Å². The van der Waals surface area contributed by atoms with Crippen molar-refractivity contribution in [3.05, 3.63) is 92.3 Å². The first kappa shape index (κ1) is 30.4. The summed E-state index contributed by atoms with van der Waals surface area (Å²) in [5.74, 6) is -0.288. The number of anilines is 2. The van der Waals surface area contributed by atoms with Crippen LogP contribution in [0.2, 0.25) is 10.0 Å². The second-order valence-corrected chi connectivity index (χ2v) is 11.1. The van der Waals surface area contributed by atoms with E-state index < -0.39 is 5.91 Å². The number of imidazole rings is 1. The molecular weight excluding hydrogens is 661 g/mol. The zero-order valence-corrected chi connectivity index (χ0v) is 26.2. The van der Waals surface area contributed by atoms with Gasteiger partial charge in [0.1, 0.15) is 17.8 Å². The van der Waals surface area contributed by atoms with Crippen LogP contribution in [0.1, 0.15) is 16.8 Å². The number of cyclic esters (lactones) is 1. The Morgan fingerprint density at radius 2 is 1.95 bits per heavy atom. The fraction of sp³-hybridized carbons (Fsp3) is 0.200. The number of aromatic nitrogens is 2. The zero-order chi connectivity index (χ0) is 30.7. The number of likely N-dealkylation sites (N-methyl/N-ethyl adjacent to an activating group) is 1. The van der Waals surface area contributed by atoms with Crippen LogP contribution < -0.4 is 19.9 Å². The summed E-state index contributed by atoms with van der Waals surface area (Å²) in [6, 6.07) is 14.0. The molecule has 1 N–H and O–H groups in total. The number of aryl methyl sites for hydroxylation is 1. The molecule has 1 fully saturated rings. The largest absolute Gasteiger partial charge is 0.485 e. The number of hydrogen-bond donors (Lipinski definition) is 1. The van der Waals surface area contributed by atoms with Crippen LogP contribution in [0.4, 0.5) is 16.2 Å². The minimum atomic E-state index is -0.444. The van der Waals surface area contributed by atoms with Gasteiger partial charge in [0.25, 0.3) is 0 Å². The van der Waals surface area contributed by atoms with Crippen LogP contribution in [0.3, 0.4) is 0 Å². The molecule has 0 atom stereocenters. The maximum Gasteiger partial charge on any atom is 0.414 e. The van der Waals surface area contributed by atoms with E-state index in [1.165, 1.54) is 15.9 Å². The summed E-state index contributed by atoms with van der Waals surface area (Å²) in [6.45, 7) is 2.53. The molecule has 0 radical (unpaired) electrons. The van der Waals surface area contributed by atoms with Crippen LogP contribution in [0.25, 0.3) is 11.7 Å². The van der Waals surface area contributed by atoms with Crippen molar-refractivity contribution < 1.29 is 23.9 Å². The highest BCUT2D eigenvalue weighted by atomic mass is 79.9.